The van der Waals surface area contributed by atoms with Gasteiger partial charge in [-0.15, -0.1) is 0 Å². The number of hydrogen-bond donors (Lipinski definition) is 2. The molecule has 0 atom stereocenters. The van der Waals surface area contributed by atoms with Crippen molar-refractivity contribution in [2.45, 2.75) is 13.5 Å². The second-order valence-corrected chi connectivity index (χ2v) is 4.08. The molecule has 0 saturated carbocycles. The summed E-state index contributed by atoms with van der Waals surface area (Å²) in [4.78, 5) is 13.3. The predicted octanol–water partition coefficient (Wildman–Crippen LogP) is 1.37. The summed E-state index contributed by atoms with van der Waals surface area (Å²) in [7, 11) is 1.62. The maximum atomic E-state index is 11.4. The highest BCUT2D eigenvalue weighted by Crippen LogP contribution is 2.26. The van der Waals surface area contributed by atoms with Crippen LogP contribution in [0.15, 0.2) is 18.2 Å². The maximum absolute atomic E-state index is 11.4. The lowest BCUT2D eigenvalue weighted by Gasteiger charge is -2.23. The number of nitrogens with two attached hydrogens (primary N) is 1. The Balaban J connectivity index is 2.92. The Morgan fingerprint density at radius 2 is 2.24 bits per heavy atom. The summed E-state index contributed by atoms with van der Waals surface area (Å²) in [5, 5.41) is 3.22. The van der Waals surface area contributed by atoms with Gasteiger partial charge in [0, 0.05) is 20.1 Å². The van der Waals surface area contributed by atoms with Crippen LogP contribution in [-0.2, 0) is 11.3 Å². The minimum absolute atomic E-state index is 0.0363. The molecular formula is C12H18ClN3O. The van der Waals surface area contributed by atoms with Crippen molar-refractivity contribution in [1.82, 2.24) is 5.32 Å². The van der Waals surface area contributed by atoms with Crippen molar-refractivity contribution in [2.75, 3.05) is 25.0 Å². The third-order valence-electron chi connectivity index (χ3n) is 2.58. The maximum Gasteiger partial charge on any atom is 0.239 e. The molecule has 1 rings (SSSR count). The number of carbonyl (C=O) groups is 1. The van der Waals surface area contributed by atoms with E-state index in [0.29, 0.717) is 18.1 Å². The molecule has 0 bridgehead atoms. The number of halogens is 1. The molecule has 0 radical (unpaired) electrons. The summed E-state index contributed by atoms with van der Waals surface area (Å²) in [5.41, 5.74) is 7.38. The standard InChI is InChI=1S/C12H18ClN3O/c1-3-16(8-12(17)15-2)11-5-4-9(7-14)6-10(11)13/h4-6H,3,7-8,14H2,1-2H3,(H,15,17). The Morgan fingerprint density at radius 1 is 1.53 bits per heavy atom. The van der Waals surface area contributed by atoms with Crippen molar-refractivity contribution in [3.05, 3.63) is 28.8 Å². The van der Waals surface area contributed by atoms with E-state index in [9.17, 15) is 4.79 Å². The fourth-order valence-electron chi connectivity index (χ4n) is 1.55. The highest BCUT2D eigenvalue weighted by atomic mass is 35.5. The molecular weight excluding hydrogens is 238 g/mol. The third-order valence-corrected chi connectivity index (χ3v) is 2.89. The molecule has 0 saturated heterocycles. The topological polar surface area (TPSA) is 58.4 Å². The van der Waals surface area contributed by atoms with E-state index >= 15 is 0 Å². The van der Waals surface area contributed by atoms with Crippen molar-refractivity contribution in [1.29, 1.82) is 0 Å². The summed E-state index contributed by atoms with van der Waals surface area (Å²) < 4.78 is 0. The Bertz CT molecular complexity index is 395. The average molecular weight is 256 g/mol. The van der Waals surface area contributed by atoms with Gasteiger partial charge in [-0.05, 0) is 24.6 Å². The first-order valence-electron chi connectivity index (χ1n) is 5.56. The zero-order chi connectivity index (χ0) is 12.8. The van der Waals surface area contributed by atoms with Gasteiger partial charge in [0.25, 0.3) is 0 Å². The highest BCUT2D eigenvalue weighted by Gasteiger charge is 2.12. The van der Waals surface area contributed by atoms with Gasteiger partial charge in [0.1, 0.15) is 0 Å². The van der Waals surface area contributed by atoms with Crippen LogP contribution >= 0.6 is 11.6 Å². The minimum Gasteiger partial charge on any atom is -0.361 e. The second-order valence-electron chi connectivity index (χ2n) is 3.68. The van der Waals surface area contributed by atoms with E-state index in [0.717, 1.165) is 17.8 Å². The van der Waals surface area contributed by atoms with Gasteiger partial charge in [0.05, 0.1) is 17.3 Å². The van der Waals surface area contributed by atoms with Gasteiger partial charge in [0.15, 0.2) is 0 Å². The molecule has 0 heterocycles. The van der Waals surface area contributed by atoms with Crippen LogP contribution in [0.2, 0.25) is 5.02 Å². The van der Waals surface area contributed by atoms with Gasteiger partial charge in [-0.2, -0.15) is 0 Å². The number of rotatable bonds is 5. The van der Waals surface area contributed by atoms with Crippen molar-refractivity contribution in [3.63, 3.8) is 0 Å². The van der Waals surface area contributed by atoms with Crippen LogP contribution in [0.25, 0.3) is 0 Å². The van der Waals surface area contributed by atoms with Gasteiger partial charge >= 0.3 is 0 Å². The molecule has 5 heteroatoms. The molecule has 94 valence electrons. The molecule has 0 aromatic heterocycles. The number of amides is 1. The van der Waals surface area contributed by atoms with E-state index in [1.807, 2.05) is 30.0 Å². The van der Waals surface area contributed by atoms with E-state index in [1.165, 1.54) is 0 Å². The van der Waals surface area contributed by atoms with Crippen LogP contribution in [0.5, 0.6) is 0 Å². The van der Waals surface area contributed by atoms with Crippen LogP contribution in [0.1, 0.15) is 12.5 Å². The lowest BCUT2D eigenvalue weighted by atomic mass is 10.2. The van der Waals surface area contributed by atoms with E-state index in [-0.39, 0.29) is 5.91 Å². The summed E-state index contributed by atoms with van der Waals surface area (Å²) in [5.74, 6) is -0.0363. The Hall–Kier alpha value is -1.26. The molecule has 1 amide bonds. The fourth-order valence-corrected chi connectivity index (χ4v) is 1.88. The summed E-state index contributed by atoms with van der Waals surface area (Å²) in [6, 6.07) is 5.66. The van der Waals surface area contributed by atoms with Gasteiger partial charge in [-0.3, -0.25) is 4.79 Å². The zero-order valence-corrected chi connectivity index (χ0v) is 10.9. The van der Waals surface area contributed by atoms with Crippen LogP contribution in [0.3, 0.4) is 0 Å². The fraction of sp³-hybridized carbons (Fsp3) is 0.417. The van der Waals surface area contributed by atoms with Crippen molar-refractivity contribution >= 4 is 23.2 Å². The normalized spacial score (nSPS) is 10.1. The lowest BCUT2D eigenvalue weighted by molar-refractivity contribution is -0.119. The number of hydrogen-bond acceptors (Lipinski definition) is 3. The Labute approximate surface area is 107 Å². The van der Waals surface area contributed by atoms with Crippen LogP contribution < -0.4 is 16.0 Å². The molecule has 3 N–H and O–H groups in total. The summed E-state index contributed by atoms with van der Waals surface area (Å²) >= 11 is 6.18. The summed E-state index contributed by atoms with van der Waals surface area (Å²) in [6.07, 6.45) is 0. The number of likely N-dealkylation sites (N-methyl/N-ethyl adjacent to an activating group) is 2. The van der Waals surface area contributed by atoms with Crippen LogP contribution in [-0.4, -0.2) is 26.0 Å². The molecule has 1 aromatic rings. The van der Waals surface area contributed by atoms with E-state index < -0.39 is 0 Å². The van der Waals surface area contributed by atoms with E-state index in [1.54, 1.807) is 7.05 Å². The quantitative estimate of drug-likeness (QED) is 0.836. The van der Waals surface area contributed by atoms with Gasteiger partial charge in [-0.1, -0.05) is 17.7 Å². The second kappa shape index (κ2) is 6.47. The largest absolute Gasteiger partial charge is 0.361 e. The molecule has 0 unspecified atom stereocenters. The molecule has 0 aliphatic carbocycles. The molecule has 0 spiro atoms. The first-order valence-corrected chi connectivity index (χ1v) is 5.94. The lowest BCUT2D eigenvalue weighted by Crippen LogP contribution is -2.35. The molecule has 0 aliphatic rings. The molecule has 0 aliphatic heterocycles. The smallest absolute Gasteiger partial charge is 0.239 e. The van der Waals surface area contributed by atoms with Gasteiger partial charge in [0.2, 0.25) is 5.91 Å². The predicted molar refractivity (Wildman–Crippen MR) is 71.3 cm³/mol. The van der Waals surface area contributed by atoms with Crippen molar-refractivity contribution in [3.8, 4) is 0 Å². The van der Waals surface area contributed by atoms with Gasteiger partial charge in [-0.25, -0.2) is 0 Å². The van der Waals surface area contributed by atoms with Crippen molar-refractivity contribution in [2.24, 2.45) is 5.73 Å². The van der Waals surface area contributed by atoms with E-state index in [4.69, 9.17) is 17.3 Å². The number of nitrogens with one attached hydrogen (secondary N) is 1. The van der Waals surface area contributed by atoms with Crippen LogP contribution in [0, 0.1) is 0 Å². The van der Waals surface area contributed by atoms with Gasteiger partial charge < -0.3 is 16.0 Å². The molecule has 4 nitrogen and oxygen atoms in total. The third kappa shape index (κ3) is 3.61. The monoisotopic (exact) mass is 255 g/mol. The average Bonchev–Trinajstić information content (AvgIpc) is 2.35. The molecule has 17 heavy (non-hydrogen) atoms. The van der Waals surface area contributed by atoms with E-state index in [2.05, 4.69) is 5.32 Å². The zero-order valence-electron chi connectivity index (χ0n) is 10.2. The number of carbonyl (C=O) groups excluding carboxylic acids is 1. The van der Waals surface area contributed by atoms with Crippen molar-refractivity contribution < 1.29 is 4.79 Å². The number of anilines is 1. The number of benzene rings is 1. The highest BCUT2D eigenvalue weighted by molar-refractivity contribution is 6.33. The SMILES string of the molecule is CCN(CC(=O)NC)c1ccc(CN)cc1Cl. The van der Waals surface area contributed by atoms with Crippen LogP contribution in [0.4, 0.5) is 5.69 Å². The first-order chi connectivity index (χ1) is 8.12. The first kappa shape index (κ1) is 13.8. The minimum atomic E-state index is -0.0363. The molecule has 0 fully saturated rings. The summed E-state index contributed by atoms with van der Waals surface area (Å²) in [6.45, 7) is 3.46. The Morgan fingerprint density at radius 3 is 2.71 bits per heavy atom. The Kier molecular flexibility index (Phi) is 5.25. The number of nitrogens with zero attached hydrogens (tertiary/aromatic N) is 1. The molecule has 1 aromatic carbocycles.